The molecular formula is C14H28N2O. The molecule has 1 aliphatic heterocycles. The van der Waals surface area contributed by atoms with Crippen LogP contribution in [0.3, 0.4) is 0 Å². The maximum absolute atomic E-state index is 11.9. The van der Waals surface area contributed by atoms with Crippen molar-refractivity contribution in [2.24, 2.45) is 11.3 Å². The van der Waals surface area contributed by atoms with Crippen LogP contribution in [0.15, 0.2) is 0 Å². The SMILES string of the molecule is CCCC1CC(=O)N(CC(NC)C(C)(C)C)C1. The number of likely N-dealkylation sites (tertiary alicyclic amines) is 1. The minimum atomic E-state index is 0.192. The third-order valence-electron chi connectivity index (χ3n) is 3.79. The van der Waals surface area contributed by atoms with Crippen molar-refractivity contribution < 1.29 is 4.79 Å². The Kier molecular flexibility index (Phi) is 4.99. The highest BCUT2D eigenvalue weighted by molar-refractivity contribution is 5.78. The van der Waals surface area contributed by atoms with Crippen molar-refractivity contribution in [1.82, 2.24) is 10.2 Å². The molecule has 0 aliphatic carbocycles. The number of rotatable bonds is 5. The number of carbonyl (C=O) groups excluding carboxylic acids is 1. The van der Waals surface area contributed by atoms with Crippen LogP contribution >= 0.6 is 0 Å². The normalized spacial score (nSPS) is 23.2. The molecule has 3 nitrogen and oxygen atoms in total. The van der Waals surface area contributed by atoms with E-state index in [0.29, 0.717) is 17.9 Å². The Morgan fingerprint density at radius 1 is 1.47 bits per heavy atom. The lowest BCUT2D eigenvalue weighted by Crippen LogP contribution is -2.47. The predicted molar refractivity (Wildman–Crippen MR) is 71.9 cm³/mol. The zero-order valence-electron chi connectivity index (χ0n) is 12.0. The number of nitrogens with one attached hydrogen (secondary N) is 1. The van der Waals surface area contributed by atoms with E-state index in [-0.39, 0.29) is 5.41 Å². The summed E-state index contributed by atoms with van der Waals surface area (Å²) in [6, 6.07) is 0.367. The fourth-order valence-electron chi connectivity index (χ4n) is 2.65. The lowest BCUT2D eigenvalue weighted by Gasteiger charge is -2.33. The molecule has 1 heterocycles. The third kappa shape index (κ3) is 3.98. The molecule has 3 heteroatoms. The van der Waals surface area contributed by atoms with Crippen LogP contribution in [0.1, 0.15) is 47.0 Å². The zero-order valence-corrected chi connectivity index (χ0v) is 12.0. The summed E-state index contributed by atoms with van der Waals surface area (Å²) in [7, 11) is 1.99. The van der Waals surface area contributed by atoms with E-state index in [4.69, 9.17) is 0 Å². The molecule has 0 aromatic heterocycles. The van der Waals surface area contributed by atoms with Crippen LogP contribution in [0.4, 0.5) is 0 Å². The molecule has 1 saturated heterocycles. The molecule has 1 aliphatic rings. The largest absolute Gasteiger partial charge is 0.341 e. The molecular weight excluding hydrogens is 212 g/mol. The van der Waals surface area contributed by atoms with Gasteiger partial charge < -0.3 is 10.2 Å². The van der Waals surface area contributed by atoms with Crippen LogP contribution in [0, 0.1) is 11.3 Å². The molecule has 1 amide bonds. The van der Waals surface area contributed by atoms with Gasteiger partial charge in [0.1, 0.15) is 0 Å². The van der Waals surface area contributed by atoms with E-state index in [1.54, 1.807) is 0 Å². The first kappa shape index (κ1) is 14.5. The summed E-state index contributed by atoms with van der Waals surface area (Å²) < 4.78 is 0. The molecule has 0 spiro atoms. The third-order valence-corrected chi connectivity index (χ3v) is 3.79. The van der Waals surface area contributed by atoms with Crippen LogP contribution in [-0.4, -0.2) is 37.0 Å². The van der Waals surface area contributed by atoms with Gasteiger partial charge in [-0.25, -0.2) is 0 Å². The van der Waals surface area contributed by atoms with Gasteiger partial charge in [-0.2, -0.15) is 0 Å². The van der Waals surface area contributed by atoms with Crippen molar-refractivity contribution in [1.29, 1.82) is 0 Å². The van der Waals surface area contributed by atoms with Gasteiger partial charge in [-0.15, -0.1) is 0 Å². The summed E-state index contributed by atoms with van der Waals surface area (Å²) in [5.41, 5.74) is 0.192. The molecule has 0 saturated carbocycles. The van der Waals surface area contributed by atoms with Crippen molar-refractivity contribution in [2.75, 3.05) is 20.1 Å². The van der Waals surface area contributed by atoms with Gasteiger partial charge >= 0.3 is 0 Å². The van der Waals surface area contributed by atoms with Crippen molar-refractivity contribution >= 4 is 5.91 Å². The number of hydrogen-bond acceptors (Lipinski definition) is 2. The van der Waals surface area contributed by atoms with E-state index in [1.165, 1.54) is 12.8 Å². The maximum atomic E-state index is 11.9. The zero-order chi connectivity index (χ0) is 13.1. The van der Waals surface area contributed by atoms with E-state index >= 15 is 0 Å². The fourth-order valence-corrected chi connectivity index (χ4v) is 2.65. The number of nitrogens with zero attached hydrogens (tertiary/aromatic N) is 1. The quantitative estimate of drug-likeness (QED) is 0.799. The number of amides is 1. The van der Waals surface area contributed by atoms with Gasteiger partial charge in [0.15, 0.2) is 0 Å². The second-order valence-electron chi connectivity index (χ2n) is 6.36. The Labute approximate surface area is 106 Å². The van der Waals surface area contributed by atoms with Crippen molar-refractivity contribution in [3.8, 4) is 0 Å². The minimum Gasteiger partial charge on any atom is -0.341 e. The minimum absolute atomic E-state index is 0.192. The van der Waals surface area contributed by atoms with Crippen molar-refractivity contribution in [3.05, 3.63) is 0 Å². The van der Waals surface area contributed by atoms with Crippen LogP contribution in [-0.2, 0) is 4.79 Å². The number of hydrogen-bond donors (Lipinski definition) is 1. The average molecular weight is 240 g/mol. The summed E-state index contributed by atoms with van der Waals surface area (Å²) in [5, 5.41) is 3.34. The molecule has 1 rings (SSSR count). The van der Waals surface area contributed by atoms with Gasteiger partial charge in [0.25, 0.3) is 0 Å². The first-order valence-corrected chi connectivity index (χ1v) is 6.83. The second-order valence-corrected chi connectivity index (χ2v) is 6.36. The first-order valence-electron chi connectivity index (χ1n) is 6.83. The van der Waals surface area contributed by atoms with E-state index in [9.17, 15) is 4.79 Å². The van der Waals surface area contributed by atoms with E-state index in [2.05, 4.69) is 33.0 Å². The molecule has 2 unspecified atom stereocenters. The predicted octanol–water partition coefficient (Wildman–Crippen LogP) is 2.27. The monoisotopic (exact) mass is 240 g/mol. The molecule has 17 heavy (non-hydrogen) atoms. The smallest absolute Gasteiger partial charge is 0.222 e. The highest BCUT2D eigenvalue weighted by Gasteiger charge is 2.33. The van der Waals surface area contributed by atoms with Crippen LogP contribution < -0.4 is 5.32 Å². The van der Waals surface area contributed by atoms with Crippen molar-refractivity contribution in [2.45, 2.75) is 53.0 Å². The second kappa shape index (κ2) is 5.85. The van der Waals surface area contributed by atoms with Crippen LogP contribution in [0.5, 0.6) is 0 Å². The van der Waals surface area contributed by atoms with E-state index in [0.717, 1.165) is 19.5 Å². The lowest BCUT2D eigenvalue weighted by molar-refractivity contribution is -0.128. The molecule has 1 N–H and O–H groups in total. The summed E-state index contributed by atoms with van der Waals surface area (Å²) in [4.78, 5) is 14.0. The topological polar surface area (TPSA) is 32.3 Å². The molecule has 0 aromatic rings. The molecule has 1 fully saturated rings. The number of likely N-dealkylation sites (N-methyl/N-ethyl adjacent to an activating group) is 1. The summed E-state index contributed by atoms with van der Waals surface area (Å²) in [5.74, 6) is 0.929. The van der Waals surface area contributed by atoms with Crippen molar-refractivity contribution in [3.63, 3.8) is 0 Å². The van der Waals surface area contributed by atoms with E-state index < -0.39 is 0 Å². The lowest BCUT2D eigenvalue weighted by atomic mass is 9.86. The summed E-state index contributed by atoms with van der Waals surface area (Å²) in [6.07, 6.45) is 3.12. The summed E-state index contributed by atoms with van der Waals surface area (Å²) >= 11 is 0. The Morgan fingerprint density at radius 2 is 2.12 bits per heavy atom. The van der Waals surface area contributed by atoms with Gasteiger partial charge in [0.2, 0.25) is 5.91 Å². The molecule has 0 radical (unpaired) electrons. The molecule has 100 valence electrons. The average Bonchev–Trinajstić information content (AvgIpc) is 2.54. The molecule has 2 atom stereocenters. The van der Waals surface area contributed by atoms with Gasteiger partial charge in [-0.3, -0.25) is 4.79 Å². The maximum Gasteiger partial charge on any atom is 0.222 e. The highest BCUT2D eigenvalue weighted by atomic mass is 16.2. The Bertz CT molecular complexity index is 257. The van der Waals surface area contributed by atoms with Gasteiger partial charge in [0, 0.05) is 25.6 Å². The molecule has 0 bridgehead atoms. The standard InChI is InChI=1S/C14H28N2O/c1-6-7-11-8-13(17)16(9-11)10-12(15-5)14(2,3)4/h11-12,15H,6-10H2,1-5H3. The highest BCUT2D eigenvalue weighted by Crippen LogP contribution is 2.25. The number of carbonyl (C=O) groups is 1. The Morgan fingerprint density at radius 3 is 2.59 bits per heavy atom. The van der Waals surface area contributed by atoms with Gasteiger partial charge in [0.05, 0.1) is 0 Å². The fraction of sp³-hybridized carbons (Fsp3) is 0.929. The van der Waals surface area contributed by atoms with Crippen LogP contribution in [0.25, 0.3) is 0 Å². The van der Waals surface area contributed by atoms with Gasteiger partial charge in [-0.05, 0) is 24.8 Å². The summed E-state index contributed by atoms with van der Waals surface area (Å²) in [6.45, 7) is 10.7. The first-order chi connectivity index (χ1) is 7.88. The van der Waals surface area contributed by atoms with E-state index in [1.807, 2.05) is 11.9 Å². The van der Waals surface area contributed by atoms with Crippen LogP contribution in [0.2, 0.25) is 0 Å². The Hall–Kier alpha value is -0.570. The Balaban J connectivity index is 2.54. The molecule has 0 aromatic carbocycles. The van der Waals surface area contributed by atoms with Gasteiger partial charge in [-0.1, -0.05) is 34.1 Å².